The smallest absolute Gasteiger partial charge is 0.201 e. The number of fused-ring (bicyclic) bond motifs is 2. The van der Waals surface area contributed by atoms with Crippen LogP contribution in [0.5, 0.6) is 46.0 Å². The van der Waals surface area contributed by atoms with E-state index in [9.17, 15) is 50.4 Å². The summed E-state index contributed by atoms with van der Waals surface area (Å²) >= 11 is 0. The van der Waals surface area contributed by atoms with Crippen LogP contribution in [0.4, 0.5) is 0 Å². The van der Waals surface area contributed by atoms with E-state index in [-0.39, 0.29) is 86.5 Å². The second-order valence-corrected chi connectivity index (χ2v) is 13.6. The predicted molar refractivity (Wildman–Crippen MR) is 175 cm³/mol. The van der Waals surface area contributed by atoms with Crippen LogP contribution >= 0.6 is 7.82 Å². The second kappa shape index (κ2) is 9.77. The topological polar surface area (TPSA) is 282 Å². The molecule has 0 saturated carbocycles. The molecule has 0 atom stereocenters. The molecule has 0 saturated heterocycles. The van der Waals surface area contributed by atoms with Gasteiger partial charge in [-0.1, -0.05) is 27.7 Å². The normalized spacial score (nSPS) is 12.8. The molecule has 8 aromatic rings. The molecule has 0 aliphatic rings. The molecule has 0 aliphatic carbocycles. The van der Waals surface area contributed by atoms with Crippen molar-refractivity contribution in [2.45, 2.75) is 39.5 Å². The molecule has 49 heavy (non-hydrogen) atoms. The van der Waals surface area contributed by atoms with E-state index in [1.54, 1.807) is 27.7 Å². The van der Waals surface area contributed by atoms with Crippen LogP contribution in [0.25, 0.3) is 75.4 Å². The molecule has 0 bridgehead atoms. The summed E-state index contributed by atoms with van der Waals surface area (Å²) in [7, 11) is -5.39. The van der Waals surface area contributed by atoms with Crippen LogP contribution in [0, 0.1) is 0 Å². The molecule has 8 N–H and O–H groups in total. The van der Waals surface area contributed by atoms with Gasteiger partial charge in [0.2, 0.25) is 10.9 Å². The van der Waals surface area contributed by atoms with Gasteiger partial charge in [0.25, 0.3) is 0 Å². The monoisotopic (exact) mass is 687 g/mol. The third-order valence-electron chi connectivity index (χ3n) is 9.35. The van der Waals surface area contributed by atoms with Gasteiger partial charge in [-0.25, -0.2) is 0 Å². The standard InChI is InChI=1S/C34H24O10.H3O4P/c1-7(2)13-29(39)25-23-21-19-15(9(35)5-11(37)17(19)33(43)27(23)31(13)41)16-10(36)6-12(38)18-20(16)22(21)24-26(25)30(40)14(8(3)4)32(42)28(24)34(18)44;1-5(2,3)4/h5-8,35-42H,1-4H3;(H3,1,2,3,4)/p-3. The molecule has 0 fully saturated rings. The number of rotatable bonds is 2. The van der Waals surface area contributed by atoms with Crippen LogP contribution < -0.4 is 25.5 Å². The van der Waals surface area contributed by atoms with Crippen LogP contribution in [0.1, 0.15) is 50.7 Å². The van der Waals surface area contributed by atoms with Crippen LogP contribution in [-0.4, -0.2) is 40.9 Å². The van der Waals surface area contributed by atoms with E-state index < -0.39 is 76.5 Å². The summed E-state index contributed by atoms with van der Waals surface area (Å²) < 4.78 is 8.55. The maximum atomic E-state index is 14.3. The average Bonchev–Trinajstić information content (AvgIpc) is 2.95. The van der Waals surface area contributed by atoms with Gasteiger partial charge in [-0.2, -0.15) is 7.82 Å². The highest BCUT2D eigenvalue weighted by Gasteiger charge is 2.36. The summed E-state index contributed by atoms with van der Waals surface area (Å²) in [6.07, 6.45) is 0. The van der Waals surface area contributed by atoms with Crippen LogP contribution in [-0.2, 0) is 4.57 Å². The molecule has 14 nitrogen and oxygen atoms in total. The number of hydrogen-bond acceptors (Lipinski definition) is 14. The van der Waals surface area contributed by atoms with E-state index in [4.69, 9.17) is 19.2 Å². The summed E-state index contributed by atoms with van der Waals surface area (Å²) in [4.78, 5) is 54.3. The zero-order valence-electron chi connectivity index (χ0n) is 25.8. The third kappa shape index (κ3) is 3.85. The molecule has 0 heterocycles. The minimum atomic E-state index is -5.39. The first-order valence-electron chi connectivity index (χ1n) is 14.7. The van der Waals surface area contributed by atoms with Crippen LogP contribution in [0.3, 0.4) is 0 Å². The van der Waals surface area contributed by atoms with Crippen molar-refractivity contribution in [3.8, 4) is 46.0 Å². The predicted octanol–water partition coefficient (Wildman–Crippen LogP) is 3.30. The number of hydrogen-bond donors (Lipinski definition) is 8. The number of benzene rings is 8. The number of phenols is 8. The fourth-order valence-corrected chi connectivity index (χ4v) is 7.79. The maximum absolute atomic E-state index is 14.3. The lowest BCUT2D eigenvalue weighted by atomic mass is 9.77. The van der Waals surface area contributed by atoms with Gasteiger partial charge in [-0.15, -0.1) is 0 Å². The molecule has 0 aromatic heterocycles. The lowest BCUT2D eigenvalue weighted by molar-refractivity contribution is -0.432. The van der Waals surface area contributed by atoms with Gasteiger partial charge in [0.05, 0.1) is 21.5 Å². The van der Waals surface area contributed by atoms with Gasteiger partial charge >= 0.3 is 0 Å². The summed E-state index contributed by atoms with van der Waals surface area (Å²) in [5, 5.41) is 90.0. The summed E-state index contributed by atoms with van der Waals surface area (Å²) in [6, 6.07) is 1.84. The first-order chi connectivity index (χ1) is 22.7. The zero-order valence-corrected chi connectivity index (χ0v) is 26.7. The van der Waals surface area contributed by atoms with E-state index in [0.717, 1.165) is 12.1 Å². The molecule has 252 valence electrons. The van der Waals surface area contributed by atoms with Crippen molar-refractivity contribution in [2.75, 3.05) is 0 Å². The Morgan fingerprint density at radius 3 is 0.939 bits per heavy atom. The molecule has 8 aromatic carbocycles. The minimum absolute atomic E-state index is 0.0141. The largest absolute Gasteiger partial charge is 0.822 e. The first kappa shape index (κ1) is 32.0. The van der Waals surface area contributed by atoms with Crippen molar-refractivity contribution in [3.05, 3.63) is 43.7 Å². The Hall–Kier alpha value is -5.53. The molecule has 0 unspecified atom stereocenters. The molecule has 0 spiro atoms. The van der Waals surface area contributed by atoms with E-state index in [2.05, 4.69) is 0 Å². The molecular weight excluding hydrogens is 663 g/mol. The van der Waals surface area contributed by atoms with Gasteiger partial charge in [-0.3, -0.25) is 9.59 Å². The lowest BCUT2D eigenvalue weighted by Crippen LogP contribution is -2.24. The molecule has 0 aliphatic heterocycles. The first-order valence-corrected chi connectivity index (χ1v) is 16.2. The summed E-state index contributed by atoms with van der Waals surface area (Å²) in [5.74, 6) is -5.45. The van der Waals surface area contributed by atoms with Gasteiger partial charge in [0.15, 0.2) is 0 Å². The Bertz CT molecular complexity index is 2710. The van der Waals surface area contributed by atoms with Gasteiger partial charge in [-0.05, 0) is 11.8 Å². The molecule has 8 rings (SSSR count). The Morgan fingerprint density at radius 2 is 0.653 bits per heavy atom. The highest BCUT2D eigenvalue weighted by atomic mass is 31.2. The maximum Gasteiger partial charge on any atom is 0.201 e. The fraction of sp³-hybridized carbons (Fsp3) is 0.176. The van der Waals surface area contributed by atoms with Crippen molar-refractivity contribution in [2.24, 2.45) is 0 Å². The number of phenolic OH excluding ortho intramolecular Hbond substituents is 8. The highest BCUT2D eigenvalue weighted by molar-refractivity contribution is 7.40. The third-order valence-corrected chi connectivity index (χ3v) is 9.35. The Labute approximate surface area is 272 Å². The Kier molecular flexibility index (Phi) is 6.39. The van der Waals surface area contributed by atoms with Crippen molar-refractivity contribution < 1.29 is 60.1 Å². The SMILES string of the molecule is CC(C)c1c(O)c2c(=O)c3c(O)cc(O)c4c5c(O)cc(O)c6c(=O)c7c(O)c(C(C)C)c(O)c8c(c1O)c2c(c34)c(c65)c78.O=P([O-])([O-])[O-]. The van der Waals surface area contributed by atoms with Gasteiger partial charge in [0.1, 0.15) is 46.0 Å². The Balaban J connectivity index is 0.000000707. The second-order valence-electron chi connectivity index (χ2n) is 12.7. The summed E-state index contributed by atoms with van der Waals surface area (Å²) in [6.45, 7) is 6.72. The summed E-state index contributed by atoms with van der Waals surface area (Å²) in [5.41, 5.74) is -1.70. The molecule has 0 radical (unpaired) electrons. The zero-order chi connectivity index (χ0) is 36.1. The molecular formula is C34H24O14P-3. The Morgan fingerprint density at radius 1 is 0.429 bits per heavy atom. The van der Waals surface area contributed by atoms with Crippen LogP contribution in [0.2, 0.25) is 0 Å². The quantitative estimate of drug-likeness (QED) is 0.0735. The highest BCUT2D eigenvalue weighted by Crippen LogP contribution is 2.60. The van der Waals surface area contributed by atoms with Gasteiger partial charge < -0.3 is 60.1 Å². The molecule has 15 heteroatoms. The number of phosphoric acid groups is 1. The van der Waals surface area contributed by atoms with E-state index >= 15 is 0 Å². The lowest BCUT2D eigenvalue weighted by Gasteiger charge is -2.36. The minimum Gasteiger partial charge on any atom is -0.822 e. The van der Waals surface area contributed by atoms with Crippen molar-refractivity contribution in [1.29, 1.82) is 0 Å². The van der Waals surface area contributed by atoms with E-state index in [1.165, 1.54) is 0 Å². The van der Waals surface area contributed by atoms with Crippen molar-refractivity contribution >= 4 is 83.2 Å². The molecule has 0 amide bonds. The van der Waals surface area contributed by atoms with Gasteiger partial charge in [0, 0.05) is 77.1 Å². The van der Waals surface area contributed by atoms with Crippen molar-refractivity contribution in [1.82, 2.24) is 0 Å². The van der Waals surface area contributed by atoms with E-state index in [0.29, 0.717) is 0 Å². The average molecular weight is 688 g/mol. The van der Waals surface area contributed by atoms with E-state index in [1.807, 2.05) is 0 Å². The number of aromatic hydroxyl groups is 8. The van der Waals surface area contributed by atoms with Crippen molar-refractivity contribution in [3.63, 3.8) is 0 Å². The fourth-order valence-electron chi connectivity index (χ4n) is 7.79. The van der Waals surface area contributed by atoms with Crippen LogP contribution in [0.15, 0.2) is 21.7 Å².